The fourth-order valence-electron chi connectivity index (χ4n) is 0.718. The van der Waals surface area contributed by atoms with Crippen molar-refractivity contribution in [2.45, 2.75) is 13.8 Å². The zero-order chi connectivity index (χ0) is 11.8. The van der Waals surface area contributed by atoms with Crippen molar-refractivity contribution in [2.75, 3.05) is 62.2 Å². The van der Waals surface area contributed by atoms with Crippen LogP contribution in [-0.2, 0) is 4.74 Å². The average Bonchev–Trinajstić information content (AvgIpc) is 2.02. The topological polar surface area (TPSA) is 9.23 Å². The third-order valence-corrected chi connectivity index (χ3v) is 1.97. The molecule has 0 aromatic rings. The van der Waals surface area contributed by atoms with Gasteiger partial charge < -0.3 is 28.6 Å². The highest BCUT2D eigenvalue weighted by Crippen LogP contribution is 1.99. The largest absolute Gasteiger partial charge is 0.358 e. The molecule has 0 aromatic carbocycles. The molecular weight excluding hydrogens is 200 g/mol. The van der Waals surface area contributed by atoms with Crippen molar-refractivity contribution in [2.24, 2.45) is 0 Å². The fraction of sp³-hybridized carbons (Fsp3) is 0.846. The van der Waals surface area contributed by atoms with Crippen LogP contribution in [0.15, 0.2) is 0 Å². The highest BCUT2D eigenvalue weighted by atomic mass is 16.5. The lowest BCUT2D eigenvalue weighted by atomic mass is 10.5. The molecule has 3 nitrogen and oxygen atoms in total. The summed E-state index contributed by atoms with van der Waals surface area (Å²) in [6, 6.07) is 0. The molecule has 0 radical (unpaired) electrons. The second kappa shape index (κ2) is 11.4. The maximum absolute atomic E-state index is 5.06. The molecule has 0 heterocycles. The molecule has 16 heavy (non-hydrogen) atoms. The average molecular weight is 236 g/mol. The molecule has 0 N–H and O–H groups in total. The molecule has 0 rings (SSSR count). The molecule has 0 bridgehead atoms. The Morgan fingerprint density at radius 2 is 1.06 bits per heavy atom. The molecule has 0 fully saturated rings. The van der Waals surface area contributed by atoms with Gasteiger partial charge in [-0.15, -0.1) is 0 Å². The zero-order valence-electron chi connectivity index (χ0n) is 13.4. The summed E-state index contributed by atoms with van der Waals surface area (Å²) in [6.07, 6.45) is 0. The Labute approximate surface area is 105 Å². The summed E-state index contributed by atoms with van der Waals surface area (Å²) < 4.78 is 7.07. The van der Waals surface area contributed by atoms with E-state index >= 15 is 0 Å². The van der Waals surface area contributed by atoms with Gasteiger partial charge in [0.1, 0.15) is 0 Å². The second-order valence-electron chi connectivity index (χ2n) is 5.35. The molecule has 3 heteroatoms. The minimum Gasteiger partial charge on any atom is -0.358 e. The van der Waals surface area contributed by atoms with Gasteiger partial charge >= 0.3 is 0 Å². The molecular formula is C13H36N2O. The van der Waals surface area contributed by atoms with Gasteiger partial charge in [-0.3, -0.25) is 0 Å². The number of methoxy groups -OCH3 is 1. The Balaban J connectivity index is -0.0000000904. The van der Waals surface area contributed by atoms with Crippen LogP contribution in [0.25, 0.3) is 0 Å². The fourth-order valence-corrected chi connectivity index (χ4v) is 0.718. The lowest BCUT2D eigenvalue weighted by Gasteiger charge is -2.30. The predicted molar refractivity (Wildman–Crippen MR) is 75.9 cm³/mol. The summed E-state index contributed by atoms with van der Waals surface area (Å²) in [6.45, 7) is 7.48. The van der Waals surface area contributed by atoms with Gasteiger partial charge in [-0.05, 0) is 13.8 Å². The predicted octanol–water partition coefficient (Wildman–Crippen LogP) is 2.30. The number of quaternary nitrogens is 2. The van der Waals surface area contributed by atoms with Gasteiger partial charge in [0.15, 0.2) is 6.73 Å². The third-order valence-electron chi connectivity index (χ3n) is 1.97. The standard InChI is InChI=1S/C7H18NO.C4H12N.2CH3/c1-5-8(3,6-2)7-9-4;1-5(2,3)4;;/h5-7H2,1-4H3;1-4H3;2*1H3/q2*+1;2*-1. The van der Waals surface area contributed by atoms with Crippen molar-refractivity contribution in [1.29, 1.82) is 0 Å². The molecule has 0 amide bonds. The van der Waals surface area contributed by atoms with Crippen molar-refractivity contribution in [3.8, 4) is 0 Å². The first-order valence-corrected chi connectivity index (χ1v) is 5.30. The normalized spacial score (nSPS) is 10.5. The highest BCUT2D eigenvalue weighted by molar-refractivity contribution is 4.21. The molecule has 0 saturated carbocycles. The lowest BCUT2D eigenvalue weighted by Crippen LogP contribution is -2.44. The Kier molecular flexibility index (Phi) is 17.7. The summed E-state index contributed by atoms with van der Waals surface area (Å²) >= 11 is 0. The van der Waals surface area contributed by atoms with E-state index < -0.39 is 0 Å². The van der Waals surface area contributed by atoms with Gasteiger partial charge in [0.05, 0.1) is 48.3 Å². The van der Waals surface area contributed by atoms with Crippen LogP contribution in [0.2, 0.25) is 0 Å². The molecule has 0 aliphatic rings. The molecule has 0 atom stereocenters. The van der Waals surface area contributed by atoms with E-state index in [0.29, 0.717) is 0 Å². The number of rotatable bonds is 4. The summed E-state index contributed by atoms with van der Waals surface area (Å²) in [5.74, 6) is 0. The molecule has 0 unspecified atom stereocenters. The van der Waals surface area contributed by atoms with Gasteiger partial charge in [0.2, 0.25) is 0 Å². The maximum Gasteiger partial charge on any atom is 0.182 e. The number of hydrogen-bond donors (Lipinski definition) is 0. The van der Waals surface area contributed by atoms with Crippen molar-refractivity contribution in [3.05, 3.63) is 14.9 Å². The monoisotopic (exact) mass is 236 g/mol. The van der Waals surface area contributed by atoms with Gasteiger partial charge in [0, 0.05) is 7.11 Å². The minimum absolute atomic E-state index is 0. The van der Waals surface area contributed by atoms with Gasteiger partial charge in [-0.25, -0.2) is 0 Å². The Morgan fingerprint density at radius 1 is 0.812 bits per heavy atom. The third kappa shape index (κ3) is 23.6. The van der Waals surface area contributed by atoms with Crippen LogP contribution in [0.4, 0.5) is 0 Å². The molecule has 0 aliphatic carbocycles. The summed E-state index contributed by atoms with van der Waals surface area (Å²) in [5, 5.41) is 0. The summed E-state index contributed by atoms with van der Waals surface area (Å²) in [7, 11) is 12.4. The minimum atomic E-state index is 0. The molecule has 0 aromatic heterocycles. The van der Waals surface area contributed by atoms with E-state index in [-0.39, 0.29) is 14.9 Å². The van der Waals surface area contributed by atoms with Crippen molar-refractivity contribution < 1.29 is 13.7 Å². The first-order chi connectivity index (χ1) is 6.18. The maximum atomic E-state index is 5.06. The number of nitrogens with zero attached hydrogens (tertiary/aromatic N) is 2. The molecule has 104 valence electrons. The van der Waals surface area contributed by atoms with Crippen LogP contribution in [-0.4, -0.2) is 71.1 Å². The highest BCUT2D eigenvalue weighted by Gasteiger charge is 2.14. The number of hydrogen-bond acceptors (Lipinski definition) is 1. The van der Waals surface area contributed by atoms with Crippen LogP contribution < -0.4 is 0 Å². The van der Waals surface area contributed by atoms with Gasteiger partial charge in [-0.2, -0.15) is 0 Å². The second-order valence-corrected chi connectivity index (χ2v) is 5.35. The van der Waals surface area contributed by atoms with Crippen molar-refractivity contribution in [3.63, 3.8) is 0 Å². The smallest absolute Gasteiger partial charge is 0.182 e. The lowest BCUT2D eigenvalue weighted by molar-refractivity contribution is -0.924. The van der Waals surface area contributed by atoms with Crippen LogP contribution in [0, 0.1) is 14.9 Å². The SMILES string of the molecule is CC[N+](C)(CC)COC.C[N+](C)(C)C.[CH3-].[CH3-]. The quantitative estimate of drug-likeness (QED) is 0.413. The van der Waals surface area contributed by atoms with Crippen molar-refractivity contribution >= 4 is 0 Å². The van der Waals surface area contributed by atoms with Crippen molar-refractivity contribution in [1.82, 2.24) is 0 Å². The van der Waals surface area contributed by atoms with E-state index in [1.165, 1.54) is 0 Å². The summed E-state index contributed by atoms with van der Waals surface area (Å²) in [4.78, 5) is 0. The van der Waals surface area contributed by atoms with Crippen LogP contribution in [0.3, 0.4) is 0 Å². The van der Waals surface area contributed by atoms with Gasteiger partial charge in [0.25, 0.3) is 0 Å². The Hall–Kier alpha value is -0.120. The Bertz CT molecular complexity index is 120. The Morgan fingerprint density at radius 3 is 1.12 bits per heavy atom. The first kappa shape index (κ1) is 24.9. The van der Waals surface area contributed by atoms with E-state index in [1.807, 2.05) is 0 Å². The van der Waals surface area contributed by atoms with Crippen LogP contribution in [0.1, 0.15) is 13.8 Å². The van der Waals surface area contributed by atoms with E-state index in [0.717, 1.165) is 28.8 Å². The van der Waals surface area contributed by atoms with E-state index in [1.54, 1.807) is 7.11 Å². The molecule has 0 aliphatic heterocycles. The molecule has 0 saturated heterocycles. The van der Waals surface area contributed by atoms with E-state index in [4.69, 9.17) is 4.74 Å². The first-order valence-electron chi connectivity index (χ1n) is 5.30. The molecule has 0 spiro atoms. The van der Waals surface area contributed by atoms with Crippen LogP contribution >= 0.6 is 0 Å². The van der Waals surface area contributed by atoms with Crippen LogP contribution in [0.5, 0.6) is 0 Å². The summed E-state index contributed by atoms with van der Waals surface area (Å²) in [5.41, 5.74) is 0. The van der Waals surface area contributed by atoms with Gasteiger partial charge in [-0.1, -0.05) is 0 Å². The zero-order valence-corrected chi connectivity index (χ0v) is 13.4. The number of ether oxygens (including phenoxy) is 1. The van der Waals surface area contributed by atoms with E-state index in [9.17, 15) is 0 Å². The van der Waals surface area contributed by atoms with E-state index in [2.05, 4.69) is 49.1 Å².